The van der Waals surface area contributed by atoms with Crippen LogP contribution in [-0.2, 0) is 11.3 Å². The van der Waals surface area contributed by atoms with Crippen molar-refractivity contribution >= 4 is 5.91 Å². The van der Waals surface area contributed by atoms with Gasteiger partial charge in [0.1, 0.15) is 5.75 Å². The highest BCUT2D eigenvalue weighted by Gasteiger charge is 2.11. The van der Waals surface area contributed by atoms with Crippen LogP contribution in [0.25, 0.3) is 0 Å². The van der Waals surface area contributed by atoms with Crippen LogP contribution in [0.2, 0.25) is 0 Å². The summed E-state index contributed by atoms with van der Waals surface area (Å²) in [6.07, 6.45) is 3.68. The van der Waals surface area contributed by atoms with Crippen molar-refractivity contribution in [2.24, 2.45) is 0 Å². The smallest absolute Gasteiger partial charge is 0.226 e. The fraction of sp³-hybridized carbons (Fsp3) is 0.267. The van der Waals surface area contributed by atoms with E-state index in [2.05, 4.69) is 13.2 Å². The van der Waals surface area contributed by atoms with Crippen molar-refractivity contribution in [3.63, 3.8) is 0 Å². The fourth-order valence-electron chi connectivity index (χ4n) is 1.65. The Balaban J connectivity index is 2.78. The van der Waals surface area contributed by atoms with Crippen molar-refractivity contribution in [1.29, 1.82) is 0 Å². The molecule has 0 bridgehead atoms. The number of methoxy groups -OCH3 is 1. The lowest BCUT2D eigenvalue weighted by atomic mass is 10.2. The Bertz CT molecular complexity index is 426. The van der Waals surface area contributed by atoms with E-state index < -0.39 is 0 Å². The number of nitrogens with zero attached hydrogens (tertiary/aromatic N) is 1. The predicted molar refractivity (Wildman–Crippen MR) is 73.4 cm³/mol. The molecular formula is C15H19NO2. The molecule has 0 fully saturated rings. The fourth-order valence-corrected chi connectivity index (χ4v) is 1.65. The zero-order chi connectivity index (χ0) is 13.4. The van der Waals surface area contributed by atoms with Gasteiger partial charge in [-0.05, 0) is 17.7 Å². The molecule has 0 unspecified atom stereocenters. The summed E-state index contributed by atoms with van der Waals surface area (Å²) in [6, 6.07) is 7.70. The molecule has 0 heterocycles. The van der Waals surface area contributed by atoms with Crippen LogP contribution in [0.3, 0.4) is 0 Å². The summed E-state index contributed by atoms with van der Waals surface area (Å²) in [5.41, 5.74) is 1.04. The maximum atomic E-state index is 11.9. The van der Waals surface area contributed by atoms with E-state index in [1.807, 2.05) is 24.3 Å². The highest BCUT2D eigenvalue weighted by atomic mass is 16.5. The standard InChI is InChI=1S/C15H19NO2/c1-4-7-15(17)16(10-5-2)12-13-8-6-9-14(11-13)18-3/h4-6,8-9,11H,1-2,7,10,12H2,3H3. The average molecular weight is 245 g/mol. The number of ether oxygens (including phenoxy) is 1. The molecule has 96 valence electrons. The SMILES string of the molecule is C=CCC(=O)N(CC=C)Cc1cccc(OC)c1. The minimum Gasteiger partial charge on any atom is -0.497 e. The second-order valence-corrected chi connectivity index (χ2v) is 3.91. The third-order valence-electron chi connectivity index (χ3n) is 2.53. The van der Waals surface area contributed by atoms with Crippen LogP contribution in [-0.4, -0.2) is 24.5 Å². The van der Waals surface area contributed by atoms with Gasteiger partial charge in [-0.25, -0.2) is 0 Å². The van der Waals surface area contributed by atoms with Gasteiger partial charge in [-0.15, -0.1) is 13.2 Å². The topological polar surface area (TPSA) is 29.5 Å². The Hall–Kier alpha value is -2.03. The van der Waals surface area contributed by atoms with Gasteiger partial charge in [0.15, 0.2) is 0 Å². The minimum atomic E-state index is 0.0488. The zero-order valence-electron chi connectivity index (χ0n) is 10.8. The first-order valence-corrected chi connectivity index (χ1v) is 5.83. The van der Waals surface area contributed by atoms with Crippen LogP contribution in [0.15, 0.2) is 49.6 Å². The van der Waals surface area contributed by atoms with E-state index in [1.54, 1.807) is 24.2 Å². The molecule has 0 saturated carbocycles. The van der Waals surface area contributed by atoms with Crippen LogP contribution < -0.4 is 4.74 Å². The van der Waals surface area contributed by atoms with Crippen molar-refractivity contribution in [2.75, 3.05) is 13.7 Å². The molecular weight excluding hydrogens is 226 g/mol. The first kappa shape index (κ1) is 14.0. The van der Waals surface area contributed by atoms with Crippen LogP contribution in [0, 0.1) is 0 Å². The lowest BCUT2D eigenvalue weighted by Gasteiger charge is -2.20. The molecule has 1 rings (SSSR count). The monoisotopic (exact) mass is 245 g/mol. The number of carbonyl (C=O) groups excluding carboxylic acids is 1. The first-order chi connectivity index (χ1) is 8.71. The normalized spacial score (nSPS) is 9.61. The van der Waals surface area contributed by atoms with Gasteiger partial charge < -0.3 is 9.64 Å². The van der Waals surface area contributed by atoms with Gasteiger partial charge in [0.2, 0.25) is 5.91 Å². The summed E-state index contributed by atoms with van der Waals surface area (Å²) in [5.74, 6) is 0.843. The molecule has 18 heavy (non-hydrogen) atoms. The molecule has 0 aromatic heterocycles. The molecule has 1 aromatic rings. The van der Waals surface area contributed by atoms with Gasteiger partial charge in [-0.2, -0.15) is 0 Å². The van der Waals surface area contributed by atoms with Crippen molar-refractivity contribution in [3.8, 4) is 5.75 Å². The number of hydrogen-bond donors (Lipinski definition) is 0. The lowest BCUT2D eigenvalue weighted by Crippen LogP contribution is -2.30. The molecule has 1 amide bonds. The highest BCUT2D eigenvalue weighted by molar-refractivity contribution is 5.77. The molecule has 0 aliphatic carbocycles. The maximum absolute atomic E-state index is 11.9. The minimum absolute atomic E-state index is 0.0488. The van der Waals surface area contributed by atoms with E-state index in [-0.39, 0.29) is 5.91 Å². The summed E-state index contributed by atoms with van der Waals surface area (Å²) in [7, 11) is 1.63. The second-order valence-electron chi connectivity index (χ2n) is 3.91. The summed E-state index contributed by atoms with van der Waals surface area (Å²) >= 11 is 0. The lowest BCUT2D eigenvalue weighted by molar-refractivity contribution is -0.130. The third-order valence-corrected chi connectivity index (χ3v) is 2.53. The predicted octanol–water partition coefficient (Wildman–Crippen LogP) is 2.79. The van der Waals surface area contributed by atoms with Gasteiger partial charge in [-0.3, -0.25) is 4.79 Å². The number of amides is 1. The van der Waals surface area contributed by atoms with Crippen LogP contribution >= 0.6 is 0 Å². The molecule has 0 atom stereocenters. The van der Waals surface area contributed by atoms with Gasteiger partial charge in [0.25, 0.3) is 0 Å². The van der Waals surface area contributed by atoms with Crippen LogP contribution in [0.4, 0.5) is 0 Å². The Kier molecular flexibility index (Phi) is 5.71. The number of carbonyl (C=O) groups is 1. The summed E-state index contributed by atoms with van der Waals surface area (Å²) in [6.45, 7) is 8.34. The van der Waals surface area contributed by atoms with E-state index in [9.17, 15) is 4.79 Å². The molecule has 3 nitrogen and oxygen atoms in total. The van der Waals surface area contributed by atoms with E-state index in [0.717, 1.165) is 11.3 Å². The van der Waals surface area contributed by atoms with Gasteiger partial charge in [0.05, 0.1) is 7.11 Å². The van der Waals surface area contributed by atoms with Gasteiger partial charge >= 0.3 is 0 Å². The molecule has 1 aromatic carbocycles. The zero-order valence-corrected chi connectivity index (χ0v) is 10.8. The van der Waals surface area contributed by atoms with Gasteiger partial charge in [-0.1, -0.05) is 24.3 Å². The number of hydrogen-bond acceptors (Lipinski definition) is 2. The second kappa shape index (κ2) is 7.33. The van der Waals surface area contributed by atoms with Crippen LogP contribution in [0.5, 0.6) is 5.75 Å². The summed E-state index contributed by atoms with van der Waals surface area (Å²) in [4.78, 5) is 13.6. The quantitative estimate of drug-likeness (QED) is 0.691. The summed E-state index contributed by atoms with van der Waals surface area (Å²) in [5, 5.41) is 0. The Morgan fingerprint density at radius 1 is 1.39 bits per heavy atom. The molecule has 0 saturated heterocycles. The Morgan fingerprint density at radius 3 is 2.78 bits per heavy atom. The Labute approximate surface area is 108 Å². The van der Waals surface area contributed by atoms with E-state index in [0.29, 0.717) is 19.5 Å². The van der Waals surface area contributed by atoms with Crippen molar-refractivity contribution in [2.45, 2.75) is 13.0 Å². The van der Waals surface area contributed by atoms with E-state index in [1.165, 1.54) is 0 Å². The largest absolute Gasteiger partial charge is 0.497 e. The van der Waals surface area contributed by atoms with Crippen molar-refractivity contribution in [1.82, 2.24) is 4.90 Å². The molecule has 0 spiro atoms. The molecule has 0 N–H and O–H groups in total. The maximum Gasteiger partial charge on any atom is 0.226 e. The number of benzene rings is 1. The van der Waals surface area contributed by atoms with Crippen molar-refractivity contribution in [3.05, 3.63) is 55.1 Å². The molecule has 0 aliphatic rings. The van der Waals surface area contributed by atoms with Crippen LogP contribution in [0.1, 0.15) is 12.0 Å². The third kappa shape index (κ3) is 4.09. The van der Waals surface area contributed by atoms with Crippen molar-refractivity contribution < 1.29 is 9.53 Å². The average Bonchev–Trinajstić information content (AvgIpc) is 2.39. The highest BCUT2D eigenvalue weighted by Crippen LogP contribution is 2.14. The summed E-state index contributed by atoms with van der Waals surface area (Å²) < 4.78 is 5.16. The molecule has 0 radical (unpaired) electrons. The number of rotatable bonds is 7. The molecule has 3 heteroatoms. The Morgan fingerprint density at radius 2 is 2.17 bits per heavy atom. The van der Waals surface area contributed by atoms with E-state index in [4.69, 9.17) is 4.74 Å². The first-order valence-electron chi connectivity index (χ1n) is 5.83. The molecule has 0 aliphatic heterocycles. The van der Waals surface area contributed by atoms with E-state index >= 15 is 0 Å². The van der Waals surface area contributed by atoms with Gasteiger partial charge in [0, 0.05) is 19.5 Å².